The molecule has 0 saturated heterocycles. The SMILES string of the molecule is Cc1c([C@@H](C)Nc2nn(C)c(=O)c3c(C4(C(C)(C)C)C=CCN4C(=O)OC(C)(C)C)c(=O)n(C4CC4)cc23)cccc1C(F)(F)F. The smallest absolute Gasteiger partial charge is 0.416 e. The molecule has 3 aromatic rings. The maximum atomic E-state index is 14.6. The van der Waals surface area contributed by atoms with Crippen molar-refractivity contribution in [3.05, 3.63) is 79.5 Å². The van der Waals surface area contributed by atoms with Gasteiger partial charge in [0.1, 0.15) is 11.1 Å². The maximum Gasteiger partial charge on any atom is 0.416 e. The van der Waals surface area contributed by atoms with E-state index in [1.54, 1.807) is 50.6 Å². The van der Waals surface area contributed by atoms with E-state index >= 15 is 0 Å². The lowest BCUT2D eigenvalue weighted by atomic mass is 9.68. The Bertz CT molecular complexity index is 1860. The maximum absolute atomic E-state index is 14.6. The molecule has 1 unspecified atom stereocenters. The zero-order valence-electron chi connectivity index (χ0n) is 27.8. The second-order valence-electron chi connectivity index (χ2n) is 14.4. The number of hydrogen-bond donors (Lipinski definition) is 1. The van der Waals surface area contributed by atoms with Gasteiger partial charge in [-0.3, -0.25) is 14.5 Å². The third-order valence-corrected chi connectivity index (χ3v) is 8.90. The minimum atomic E-state index is -4.52. The van der Waals surface area contributed by atoms with E-state index in [0.29, 0.717) is 10.9 Å². The Morgan fingerprint density at radius 3 is 2.30 bits per heavy atom. The lowest BCUT2D eigenvalue weighted by Crippen LogP contribution is -2.57. The van der Waals surface area contributed by atoms with Crippen molar-refractivity contribution in [2.24, 2.45) is 12.5 Å². The van der Waals surface area contributed by atoms with Gasteiger partial charge in [0.25, 0.3) is 11.1 Å². The standard InChI is InChI=1S/C34H42F3N5O4/c1-19-22(12-10-13-24(19)34(35,36)37)20(2)38-27-23-18-41(21-14-15-21)29(44)26(25(23)28(43)40(9)39-27)33(31(3,4)5)16-11-17-42(33)30(45)46-32(6,7)8/h10-13,16,18,20-21H,14-15,17H2,1-9H3,(H,38,39)/t20-,33?/m1/s1. The summed E-state index contributed by atoms with van der Waals surface area (Å²) in [6.45, 7) is 14.3. The van der Waals surface area contributed by atoms with E-state index in [1.165, 1.54) is 24.9 Å². The first-order valence-corrected chi connectivity index (χ1v) is 15.5. The monoisotopic (exact) mass is 641 g/mol. The molecule has 0 radical (unpaired) electrons. The molecule has 0 bridgehead atoms. The van der Waals surface area contributed by atoms with Crippen molar-refractivity contribution < 1.29 is 22.7 Å². The fraction of sp³-hybridized carbons (Fsp3) is 0.529. The molecule has 1 aliphatic carbocycles. The summed E-state index contributed by atoms with van der Waals surface area (Å²) in [7, 11) is 1.46. The summed E-state index contributed by atoms with van der Waals surface area (Å²) in [6, 6.07) is 3.27. The van der Waals surface area contributed by atoms with Gasteiger partial charge in [-0.2, -0.15) is 18.3 Å². The lowest BCUT2D eigenvalue weighted by Gasteiger charge is -2.47. The van der Waals surface area contributed by atoms with Crippen LogP contribution in [-0.2, 0) is 23.5 Å². The summed E-state index contributed by atoms with van der Waals surface area (Å²) >= 11 is 0. The third-order valence-electron chi connectivity index (χ3n) is 8.90. The number of amides is 1. The number of alkyl halides is 3. The summed E-state index contributed by atoms with van der Waals surface area (Å²) in [6.07, 6.45) is 1.62. The molecule has 248 valence electrons. The Morgan fingerprint density at radius 1 is 1.09 bits per heavy atom. The summed E-state index contributed by atoms with van der Waals surface area (Å²) in [5.41, 5.74) is -4.02. The van der Waals surface area contributed by atoms with Crippen LogP contribution in [0.15, 0.2) is 46.1 Å². The van der Waals surface area contributed by atoms with Crippen molar-refractivity contribution in [2.75, 3.05) is 11.9 Å². The molecule has 1 saturated carbocycles. The van der Waals surface area contributed by atoms with Gasteiger partial charge in [0, 0.05) is 31.2 Å². The molecular formula is C34H42F3N5O4. The first-order valence-electron chi connectivity index (χ1n) is 15.5. The number of anilines is 1. The normalized spacial score (nSPS) is 19.5. The van der Waals surface area contributed by atoms with Crippen LogP contribution in [0.4, 0.5) is 23.8 Å². The minimum absolute atomic E-state index is 0.0792. The van der Waals surface area contributed by atoms with Crippen LogP contribution in [0.5, 0.6) is 0 Å². The summed E-state index contributed by atoms with van der Waals surface area (Å²) in [4.78, 5) is 44.0. The summed E-state index contributed by atoms with van der Waals surface area (Å²) < 4.78 is 49.8. The fourth-order valence-electron chi connectivity index (χ4n) is 6.59. The van der Waals surface area contributed by atoms with E-state index < -0.39 is 46.0 Å². The number of hydrogen-bond acceptors (Lipinski definition) is 6. The van der Waals surface area contributed by atoms with Gasteiger partial charge in [0.2, 0.25) is 0 Å². The molecule has 2 atom stereocenters. The minimum Gasteiger partial charge on any atom is -0.444 e. The van der Waals surface area contributed by atoms with Gasteiger partial charge in [-0.25, -0.2) is 9.48 Å². The average Bonchev–Trinajstić information content (AvgIpc) is 3.65. The zero-order chi connectivity index (χ0) is 34.1. The molecule has 12 heteroatoms. The van der Waals surface area contributed by atoms with Crippen molar-refractivity contribution in [1.29, 1.82) is 0 Å². The highest BCUT2D eigenvalue weighted by Crippen LogP contribution is 2.50. The first kappa shape index (κ1) is 33.3. The second-order valence-corrected chi connectivity index (χ2v) is 14.4. The van der Waals surface area contributed by atoms with Crippen LogP contribution in [0.1, 0.15) is 95.6 Å². The van der Waals surface area contributed by atoms with Crippen molar-refractivity contribution in [1.82, 2.24) is 19.2 Å². The first-order chi connectivity index (χ1) is 21.2. The summed E-state index contributed by atoms with van der Waals surface area (Å²) in [5.74, 6) is 0.229. The number of pyridine rings is 1. The van der Waals surface area contributed by atoms with E-state index in [9.17, 15) is 27.6 Å². The number of aryl methyl sites for hydroxylation is 1. The van der Waals surface area contributed by atoms with Crippen molar-refractivity contribution in [3.8, 4) is 0 Å². The fourth-order valence-corrected chi connectivity index (χ4v) is 6.59. The van der Waals surface area contributed by atoms with Crippen LogP contribution in [-0.4, -0.2) is 37.5 Å². The Balaban J connectivity index is 1.80. The van der Waals surface area contributed by atoms with Crippen molar-refractivity contribution >= 4 is 22.7 Å². The molecule has 1 N–H and O–H groups in total. The number of halogens is 3. The molecule has 3 heterocycles. The number of carbonyl (C=O) groups is 1. The van der Waals surface area contributed by atoms with Gasteiger partial charge in [0.15, 0.2) is 5.82 Å². The van der Waals surface area contributed by atoms with Gasteiger partial charge >= 0.3 is 12.3 Å². The number of nitrogens with zero attached hydrogens (tertiary/aromatic N) is 4. The van der Waals surface area contributed by atoms with Crippen LogP contribution in [0, 0.1) is 12.3 Å². The molecule has 1 amide bonds. The second kappa shape index (κ2) is 11.0. The Hall–Kier alpha value is -4.09. The average molecular weight is 642 g/mol. The van der Waals surface area contributed by atoms with E-state index in [0.717, 1.165) is 23.6 Å². The molecule has 9 nitrogen and oxygen atoms in total. The van der Waals surface area contributed by atoms with Gasteiger partial charge in [-0.1, -0.05) is 45.1 Å². The predicted octanol–water partition coefficient (Wildman–Crippen LogP) is 6.98. The molecule has 2 aromatic heterocycles. The largest absolute Gasteiger partial charge is 0.444 e. The van der Waals surface area contributed by atoms with Gasteiger partial charge in [-0.05, 0) is 70.1 Å². The van der Waals surface area contributed by atoms with Gasteiger partial charge in [-0.15, -0.1) is 0 Å². The number of ether oxygens (including phenoxy) is 1. The predicted molar refractivity (Wildman–Crippen MR) is 171 cm³/mol. The van der Waals surface area contributed by atoms with E-state index in [4.69, 9.17) is 4.74 Å². The van der Waals surface area contributed by atoms with Gasteiger partial charge in [0.05, 0.1) is 22.6 Å². The molecule has 0 spiro atoms. The van der Waals surface area contributed by atoms with E-state index in [-0.39, 0.29) is 40.5 Å². The van der Waals surface area contributed by atoms with Crippen LogP contribution in [0.2, 0.25) is 0 Å². The Kier molecular flexibility index (Phi) is 7.97. The third kappa shape index (κ3) is 5.60. The van der Waals surface area contributed by atoms with Crippen LogP contribution in [0.3, 0.4) is 0 Å². The molecule has 2 aliphatic rings. The zero-order valence-corrected chi connectivity index (χ0v) is 27.8. The van der Waals surface area contributed by atoms with Crippen LogP contribution >= 0.6 is 0 Å². The van der Waals surface area contributed by atoms with Gasteiger partial charge < -0.3 is 14.6 Å². The highest BCUT2D eigenvalue weighted by Gasteiger charge is 2.54. The van der Waals surface area contributed by atoms with E-state index in [1.807, 2.05) is 26.8 Å². The number of rotatable bonds is 5. The molecule has 5 rings (SSSR count). The number of aromatic nitrogens is 3. The van der Waals surface area contributed by atoms with Crippen LogP contribution < -0.4 is 16.4 Å². The number of fused-ring (bicyclic) bond motifs is 1. The number of nitrogens with one attached hydrogen (secondary N) is 1. The Morgan fingerprint density at radius 2 is 1.74 bits per heavy atom. The molecule has 1 aromatic carbocycles. The number of carbonyl (C=O) groups excluding carboxylic acids is 1. The summed E-state index contributed by atoms with van der Waals surface area (Å²) in [5, 5.41) is 8.19. The lowest BCUT2D eigenvalue weighted by molar-refractivity contribution is -0.138. The van der Waals surface area contributed by atoms with Crippen molar-refractivity contribution in [2.45, 2.75) is 97.6 Å². The highest BCUT2D eigenvalue weighted by molar-refractivity contribution is 5.94. The Labute approximate surface area is 266 Å². The quantitative estimate of drug-likeness (QED) is 0.302. The number of benzene rings is 1. The van der Waals surface area contributed by atoms with E-state index in [2.05, 4.69) is 10.4 Å². The van der Waals surface area contributed by atoms with Crippen molar-refractivity contribution in [3.63, 3.8) is 0 Å². The van der Waals surface area contributed by atoms with Crippen LogP contribution in [0.25, 0.3) is 10.8 Å². The molecular weight excluding hydrogens is 599 g/mol. The molecule has 1 aliphatic heterocycles. The highest BCUT2D eigenvalue weighted by atomic mass is 19.4. The molecule has 1 fully saturated rings. The topological polar surface area (TPSA) is 98.5 Å². The molecule has 46 heavy (non-hydrogen) atoms.